The van der Waals surface area contributed by atoms with Crippen LogP contribution in [0.3, 0.4) is 0 Å². The molecular formula is C16H22FN3O3. The van der Waals surface area contributed by atoms with Crippen molar-refractivity contribution in [2.45, 2.75) is 12.8 Å². The smallest absolute Gasteiger partial charge is 0.253 e. The summed E-state index contributed by atoms with van der Waals surface area (Å²) >= 11 is 0. The van der Waals surface area contributed by atoms with Crippen molar-refractivity contribution < 1.29 is 18.7 Å². The number of hydrogen-bond acceptors (Lipinski definition) is 4. The van der Waals surface area contributed by atoms with Crippen LogP contribution in [0.25, 0.3) is 0 Å². The Hall–Kier alpha value is -2.15. The van der Waals surface area contributed by atoms with E-state index in [2.05, 4.69) is 5.32 Å². The molecule has 23 heavy (non-hydrogen) atoms. The Morgan fingerprint density at radius 2 is 2.26 bits per heavy atom. The molecule has 1 saturated heterocycles. The first kappa shape index (κ1) is 17.2. The van der Waals surface area contributed by atoms with Crippen molar-refractivity contribution in [3.63, 3.8) is 0 Å². The van der Waals surface area contributed by atoms with Crippen LogP contribution in [0, 0.1) is 11.7 Å². The van der Waals surface area contributed by atoms with Gasteiger partial charge in [-0.3, -0.25) is 9.59 Å². The molecule has 0 aliphatic carbocycles. The van der Waals surface area contributed by atoms with Gasteiger partial charge in [0.05, 0.1) is 13.0 Å². The standard InChI is InChI=1S/C16H22FN3O3/c1-23-14-5-4-11(9-13(14)17)16(22)20-8-2-3-12(10-20)15(21)19-7-6-18/h4-5,9,12H,2-3,6-8,10,18H2,1H3,(H,19,21). The Balaban J connectivity index is 2.04. The second kappa shape index (κ2) is 7.92. The minimum absolute atomic E-state index is 0.0890. The van der Waals surface area contributed by atoms with E-state index in [0.717, 1.165) is 12.8 Å². The van der Waals surface area contributed by atoms with Crippen molar-refractivity contribution in [1.82, 2.24) is 10.2 Å². The monoisotopic (exact) mass is 323 g/mol. The van der Waals surface area contributed by atoms with E-state index in [1.807, 2.05) is 0 Å². The fourth-order valence-corrected chi connectivity index (χ4v) is 2.70. The van der Waals surface area contributed by atoms with Gasteiger partial charge in [-0.1, -0.05) is 0 Å². The van der Waals surface area contributed by atoms with Gasteiger partial charge < -0.3 is 20.7 Å². The third kappa shape index (κ3) is 4.19. The van der Waals surface area contributed by atoms with Gasteiger partial charge in [0, 0.05) is 31.7 Å². The Bertz CT molecular complexity index is 580. The zero-order chi connectivity index (χ0) is 16.8. The lowest BCUT2D eigenvalue weighted by Gasteiger charge is -2.32. The highest BCUT2D eigenvalue weighted by Crippen LogP contribution is 2.22. The number of rotatable bonds is 5. The molecule has 0 radical (unpaired) electrons. The number of likely N-dealkylation sites (tertiary alicyclic amines) is 1. The van der Waals surface area contributed by atoms with E-state index in [1.54, 1.807) is 4.90 Å². The first-order valence-corrected chi connectivity index (χ1v) is 7.67. The molecule has 7 heteroatoms. The molecule has 1 aliphatic heterocycles. The summed E-state index contributed by atoms with van der Waals surface area (Å²) in [6.45, 7) is 1.70. The minimum atomic E-state index is -0.576. The second-order valence-electron chi connectivity index (χ2n) is 5.52. The van der Waals surface area contributed by atoms with Gasteiger partial charge in [0.2, 0.25) is 5.91 Å². The van der Waals surface area contributed by atoms with Gasteiger partial charge in [-0.2, -0.15) is 0 Å². The van der Waals surface area contributed by atoms with Gasteiger partial charge in [-0.05, 0) is 31.0 Å². The molecule has 1 heterocycles. The Kier molecular flexibility index (Phi) is 5.92. The van der Waals surface area contributed by atoms with Gasteiger partial charge in [-0.15, -0.1) is 0 Å². The predicted octanol–water partition coefficient (Wildman–Crippen LogP) is 0.761. The number of piperidine rings is 1. The molecule has 2 amide bonds. The molecule has 0 bridgehead atoms. The van der Waals surface area contributed by atoms with Crippen LogP contribution in [-0.2, 0) is 4.79 Å². The van der Waals surface area contributed by atoms with E-state index in [9.17, 15) is 14.0 Å². The Labute approximate surface area is 134 Å². The summed E-state index contributed by atoms with van der Waals surface area (Å²) in [7, 11) is 1.37. The van der Waals surface area contributed by atoms with Crippen LogP contribution in [0.5, 0.6) is 5.75 Å². The van der Waals surface area contributed by atoms with Crippen LogP contribution in [0.1, 0.15) is 23.2 Å². The molecule has 1 unspecified atom stereocenters. The zero-order valence-electron chi connectivity index (χ0n) is 13.2. The molecule has 0 aromatic heterocycles. The molecule has 0 saturated carbocycles. The molecule has 126 valence electrons. The van der Waals surface area contributed by atoms with Crippen molar-refractivity contribution in [3.05, 3.63) is 29.6 Å². The number of amides is 2. The Morgan fingerprint density at radius 1 is 1.48 bits per heavy atom. The maximum absolute atomic E-state index is 13.8. The first-order valence-electron chi connectivity index (χ1n) is 7.67. The average Bonchev–Trinajstić information content (AvgIpc) is 2.59. The predicted molar refractivity (Wildman–Crippen MR) is 83.6 cm³/mol. The largest absolute Gasteiger partial charge is 0.494 e. The number of methoxy groups -OCH3 is 1. The van der Waals surface area contributed by atoms with Crippen LogP contribution >= 0.6 is 0 Å². The summed E-state index contributed by atoms with van der Waals surface area (Å²) in [6, 6.07) is 4.12. The fourth-order valence-electron chi connectivity index (χ4n) is 2.70. The van der Waals surface area contributed by atoms with Crippen LogP contribution in [0.15, 0.2) is 18.2 Å². The number of ether oxygens (including phenoxy) is 1. The molecule has 1 aromatic rings. The van der Waals surface area contributed by atoms with Crippen LogP contribution in [0.4, 0.5) is 4.39 Å². The van der Waals surface area contributed by atoms with Crippen LogP contribution in [-0.4, -0.2) is 50.0 Å². The van der Waals surface area contributed by atoms with Gasteiger partial charge in [-0.25, -0.2) is 4.39 Å². The zero-order valence-corrected chi connectivity index (χ0v) is 13.2. The molecule has 1 atom stereocenters. The van der Waals surface area contributed by atoms with E-state index in [0.29, 0.717) is 26.2 Å². The molecule has 1 aromatic carbocycles. The number of nitrogens with zero attached hydrogens (tertiary/aromatic N) is 1. The van der Waals surface area contributed by atoms with Crippen LogP contribution < -0.4 is 15.8 Å². The maximum Gasteiger partial charge on any atom is 0.253 e. The normalized spacial score (nSPS) is 17.7. The SMILES string of the molecule is COc1ccc(C(=O)N2CCCC(C(=O)NCCN)C2)cc1F. The number of benzene rings is 1. The quantitative estimate of drug-likeness (QED) is 0.838. The van der Waals surface area contributed by atoms with E-state index in [-0.39, 0.29) is 29.0 Å². The first-order chi connectivity index (χ1) is 11.1. The van der Waals surface area contributed by atoms with Gasteiger partial charge >= 0.3 is 0 Å². The number of carbonyl (C=O) groups is 2. The summed E-state index contributed by atoms with van der Waals surface area (Å²) in [5.74, 6) is -1.09. The molecule has 6 nitrogen and oxygen atoms in total. The lowest BCUT2D eigenvalue weighted by Crippen LogP contribution is -2.46. The van der Waals surface area contributed by atoms with Gasteiger partial charge in [0.1, 0.15) is 0 Å². The highest BCUT2D eigenvalue weighted by atomic mass is 19.1. The summed E-state index contributed by atoms with van der Waals surface area (Å²) in [4.78, 5) is 26.1. The molecule has 1 fully saturated rings. The van der Waals surface area contributed by atoms with Gasteiger partial charge in [0.15, 0.2) is 11.6 Å². The molecular weight excluding hydrogens is 301 g/mol. The maximum atomic E-state index is 13.8. The summed E-state index contributed by atoms with van der Waals surface area (Å²) in [6.07, 6.45) is 1.47. The average molecular weight is 323 g/mol. The van der Waals surface area contributed by atoms with Crippen molar-refractivity contribution in [2.75, 3.05) is 33.3 Å². The van der Waals surface area contributed by atoms with Crippen molar-refractivity contribution in [3.8, 4) is 5.75 Å². The van der Waals surface area contributed by atoms with Crippen molar-refractivity contribution in [1.29, 1.82) is 0 Å². The highest BCUT2D eigenvalue weighted by molar-refractivity contribution is 5.95. The number of hydrogen-bond donors (Lipinski definition) is 2. The lowest BCUT2D eigenvalue weighted by atomic mass is 9.96. The lowest BCUT2D eigenvalue weighted by molar-refractivity contribution is -0.126. The number of nitrogens with two attached hydrogens (primary N) is 1. The van der Waals surface area contributed by atoms with Crippen molar-refractivity contribution >= 4 is 11.8 Å². The van der Waals surface area contributed by atoms with E-state index < -0.39 is 5.82 Å². The van der Waals surface area contributed by atoms with Crippen molar-refractivity contribution in [2.24, 2.45) is 11.7 Å². The highest BCUT2D eigenvalue weighted by Gasteiger charge is 2.29. The summed E-state index contributed by atoms with van der Waals surface area (Å²) in [5, 5.41) is 2.75. The van der Waals surface area contributed by atoms with E-state index in [1.165, 1.54) is 25.3 Å². The topological polar surface area (TPSA) is 84.7 Å². The minimum Gasteiger partial charge on any atom is -0.494 e. The molecule has 3 N–H and O–H groups in total. The fraction of sp³-hybridized carbons (Fsp3) is 0.500. The third-order valence-electron chi connectivity index (χ3n) is 3.92. The molecule has 1 aliphatic rings. The molecule has 0 spiro atoms. The Morgan fingerprint density at radius 3 is 2.91 bits per heavy atom. The third-order valence-corrected chi connectivity index (χ3v) is 3.92. The summed E-state index contributed by atoms with van der Waals surface area (Å²) < 4.78 is 18.6. The second-order valence-corrected chi connectivity index (χ2v) is 5.52. The summed E-state index contributed by atoms with van der Waals surface area (Å²) in [5.41, 5.74) is 5.63. The van der Waals surface area contributed by atoms with Crippen LogP contribution in [0.2, 0.25) is 0 Å². The number of nitrogens with one attached hydrogen (secondary N) is 1. The van der Waals surface area contributed by atoms with E-state index in [4.69, 9.17) is 10.5 Å². The number of halogens is 1. The van der Waals surface area contributed by atoms with Gasteiger partial charge in [0.25, 0.3) is 5.91 Å². The number of carbonyl (C=O) groups excluding carboxylic acids is 2. The molecule has 2 rings (SSSR count). The van der Waals surface area contributed by atoms with E-state index >= 15 is 0 Å².